The third-order valence-electron chi connectivity index (χ3n) is 15.2. The molecule has 0 bridgehead atoms. The maximum Gasteiger partial charge on any atom is -0.00705 e. The van der Waals surface area contributed by atoms with Gasteiger partial charge in [0, 0.05) is 0 Å². The van der Waals surface area contributed by atoms with Gasteiger partial charge in [0.2, 0.25) is 0 Å². The van der Waals surface area contributed by atoms with E-state index in [0.717, 1.165) is 24.8 Å². The van der Waals surface area contributed by atoms with E-state index < -0.39 is 0 Å². The molecule has 6 aromatic carbocycles. The maximum absolute atomic E-state index is 3.83. The van der Waals surface area contributed by atoms with Crippen molar-refractivity contribution in [3.8, 4) is 0 Å². The first-order valence-corrected chi connectivity index (χ1v) is 25.6. The summed E-state index contributed by atoms with van der Waals surface area (Å²) in [4.78, 5) is 0. The van der Waals surface area contributed by atoms with Crippen LogP contribution in [0.5, 0.6) is 0 Å². The van der Waals surface area contributed by atoms with E-state index in [1.165, 1.54) is 33.4 Å². The second-order valence-corrected chi connectivity index (χ2v) is 21.4. The molecule has 6 aromatic rings. The van der Waals surface area contributed by atoms with Crippen molar-refractivity contribution >= 4 is 11.1 Å². The summed E-state index contributed by atoms with van der Waals surface area (Å²) < 4.78 is 0. The molecule has 0 amide bonds. The van der Waals surface area contributed by atoms with Gasteiger partial charge in [-0.25, -0.2) is 0 Å². The third kappa shape index (κ3) is 13.9. The lowest BCUT2D eigenvalue weighted by atomic mass is 9.53. The van der Waals surface area contributed by atoms with Crippen LogP contribution < -0.4 is 0 Å². The molecule has 0 radical (unpaired) electrons. The highest BCUT2D eigenvalue weighted by molar-refractivity contribution is 5.64. The Bertz CT molecular complexity index is 2360. The molecule has 7 rings (SSSR count). The Kier molecular flexibility index (Phi) is 20.1. The van der Waals surface area contributed by atoms with Crippen molar-refractivity contribution < 1.29 is 0 Å². The minimum atomic E-state index is -0.0636. The topological polar surface area (TPSA) is 0 Å². The van der Waals surface area contributed by atoms with Crippen molar-refractivity contribution in [2.45, 2.75) is 147 Å². The molecule has 0 heterocycles. The lowest BCUT2D eigenvalue weighted by Crippen LogP contribution is -2.41. The summed E-state index contributed by atoms with van der Waals surface area (Å²) in [7, 11) is 0. The standard InChI is InChI=1S/C54H66.C9H10.2C2H6/c1-39(41-25-15-11-16-26-41)36-52(5,6)48(43-29-19-13-20-30-43)37-53(7,8)50-46-34-24-23-33-45(46)35-47(50)54(9,10)49(44-31-21-14-22-32-44)38-51(3,4)40(2)42-27-17-12-18-28-42;1-8(2)9-6-4-3-5-7-9;2*1-2/h11-34,36,40,47-50H,35,37-38H2,1-10H3;3-7H,1H2,2H3;2*1-2H3. The van der Waals surface area contributed by atoms with Gasteiger partial charge in [-0.15, -0.1) is 0 Å². The van der Waals surface area contributed by atoms with Gasteiger partial charge in [0.05, 0.1) is 0 Å². The molecule has 0 heteroatoms. The van der Waals surface area contributed by atoms with Crippen molar-refractivity contribution in [1.29, 1.82) is 0 Å². The highest BCUT2D eigenvalue weighted by atomic mass is 14.6. The zero-order valence-electron chi connectivity index (χ0n) is 44.5. The molecule has 5 atom stereocenters. The largest absolute Gasteiger partial charge is 0.0955 e. The molecule has 67 heavy (non-hydrogen) atoms. The quantitative estimate of drug-likeness (QED) is 0.0964. The van der Waals surface area contributed by atoms with Crippen LogP contribution in [0, 0.1) is 27.6 Å². The normalized spacial score (nSPS) is 16.3. The molecule has 0 aliphatic heterocycles. The van der Waals surface area contributed by atoms with Gasteiger partial charge in [0.25, 0.3) is 0 Å². The highest BCUT2D eigenvalue weighted by Crippen LogP contribution is 2.63. The van der Waals surface area contributed by atoms with E-state index in [4.69, 9.17) is 0 Å². The summed E-state index contributed by atoms with van der Waals surface area (Å²) in [6.07, 6.45) is 5.91. The van der Waals surface area contributed by atoms with Crippen LogP contribution >= 0.6 is 0 Å². The molecule has 0 N–H and O–H groups in total. The third-order valence-corrected chi connectivity index (χ3v) is 15.2. The SMILES string of the molecule is C=C(C)c1ccccc1.CC.CC.CC(=CC(C)(C)C(CC(C)(C)C1c2ccccc2CC1C(C)(C)C(CC(C)(C)C(C)c1ccccc1)c1ccccc1)c1ccccc1)c1ccccc1. The van der Waals surface area contributed by atoms with E-state index >= 15 is 0 Å². The second-order valence-electron chi connectivity index (χ2n) is 21.4. The van der Waals surface area contributed by atoms with Gasteiger partial charge in [0.1, 0.15) is 0 Å². The van der Waals surface area contributed by atoms with E-state index in [-0.39, 0.29) is 21.7 Å². The molecule has 1 aliphatic rings. The first-order valence-electron chi connectivity index (χ1n) is 25.6. The second kappa shape index (κ2) is 24.7. The van der Waals surface area contributed by atoms with Gasteiger partial charge in [-0.3, -0.25) is 0 Å². The monoisotopic (exact) mass is 893 g/mol. The van der Waals surface area contributed by atoms with Gasteiger partial charge in [-0.2, -0.15) is 0 Å². The van der Waals surface area contributed by atoms with E-state index in [2.05, 4.69) is 240 Å². The van der Waals surface area contributed by atoms with Crippen LogP contribution in [-0.4, -0.2) is 0 Å². The van der Waals surface area contributed by atoms with Crippen molar-refractivity contribution in [2.24, 2.45) is 27.6 Å². The molecule has 5 unspecified atom stereocenters. The highest BCUT2D eigenvalue weighted by Gasteiger charge is 2.53. The van der Waals surface area contributed by atoms with Gasteiger partial charge in [0.15, 0.2) is 0 Å². The number of allylic oxidation sites excluding steroid dienone is 3. The lowest BCUT2D eigenvalue weighted by molar-refractivity contribution is 0.0572. The zero-order valence-corrected chi connectivity index (χ0v) is 44.5. The van der Waals surface area contributed by atoms with Crippen LogP contribution in [0.1, 0.15) is 179 Å². The minimum absolute atomic E-state index is 0.0227. The van der Waals surface area contributed by atoms with Crippen molar-refractivity contribution in [2.75, 3.05) is 0 Å². The Hall–Kier alpha value is -5.20. The summed E-state index contributed by atoms with van der Waals surface area (Å²) in [6.45, 7) is 39.0. The van der Waals surface area contributed by atoms with E-state index in [0.29, 0.717) is 29.6 Å². The van der Waals surface area contributed by atoms with E-state index in [9.17, 15) is 0 Å². The van der Waals surface area contributed by atoms with Gasteiger partial charge in [-0.1, -0.05) is 284 Å². The van der Waals surface area contributed by atoms with Crippen LogP contribution in [0.15, 0.2) is 189 Å². The Morgan fingerprint density at radius 2 is 0.925 bits per heavy atom. The molecule has 0 nitrogen and oxygen atoms in total. The van der Waals surface area contributed by atoms with Gasteiger partial charge in [-0.05, 0) is 129 Å². The molecular formula is C67H88. The van der Waals surface area contributed by atoms with E-state index in [1.54, 1.807) is 11.1 Å². The smallest absolute Gasteiger partial charge is 0.00705 e. The molecule has 0 aromatic heterocycles. The average Bonchev–Trinajstić information content (AvgIpc) is 3.77. The summed E-state index contributed by atoms with van der Waals surface area (Å²) in [6, 6.07) is 64.6. The molecule has 0 fully saturated rings. The Labute approximate surface area is 411 Å². The fourth-order valence-corrected chi connectivity index (χ4v) is 11.2. The van der Waals surface area contributed by atoms with Gasteiger partial charge < -0.3 is 0 Å². The molecule has 356 valence electrons. The van der Waals surface area contributed by atoms with Crippen LogP contribution in [0.2, 0.25) is 0 Å². The molecule has 0 saturated heterocycles. The summed E-state index contributed by atoms with van der Waals surface area (Å²) in [5.74, 6) is 2.09. The van der Waals surface area contributed by atoms with Crippen LogP contribution in [0.4, 0.5) is 0 Å². The lowest BCUT2D eigenvalue weighted by Gasteiger charge is -2.51. The number of hydrogen-bond donors (Lipinski definition) is 0. The summed E-state index contributed by atoms with van der Waals surface area (Å²) in [5.41, 5.74) is 12.6. The number of hydrogen-bond acceptors (Lipinski definition) is 0. The maximum atomic E-state index is 3.83. The Balaban J connectivity index is 0.000000661. The predicted octanol–water partition coefficient (Wildman–Crippen LogP) is 20.1. The molecule has 0 saturated carbocycles. The van der Waals surface area contributed by atoms with Crippen molar-refractivity contribution in [1.82, 2.24) is 0 Å². The summed E-state index contributed by atoms with van der Waals surface area (Å²) in [5, 5.41) is 0. The number of benzene rings is 6. The fraction of sp³-hybridized carbons (Fsp3) is 0.403. The molecule has 0 spiro atoms. The summed E-state index contributed by atoms with van der Waals surface area (Å²) >= 11 is 0. The van der Waals surface area contributed by atoms with Crippen LogP contribution in [0.3, 0.4) is 0 Å². The predicted molar refractivity (Wildman–Crippen MR) is 298 cm³/mol. The van der Waals surface area contributed by atoms with E-state index in [1.807, 2.05) is 52.8 Å². The van der Waals surface area contributed by atoms with Crippen molar-refractivity contribution in [3.05, 3.63) is 228 Å². The molecular weight excluding hydrogens is 805 g/mol. The Morgan fingerprint density at radius 1 is 0.522 bits per heavy atom. The average molecular weight is 893 g/mol. The number of rotatable bonds is 15. The number of fused-ring (bicyclic) bond motifs is 1. The Morgan fingerprint density at radius 3 is 1.39 bits per heavy atom. The zero-order chi connectivity index (χ0) is 49.4. The first-order chi connectivity index (χ1) is 31.9. The van der Waals surface area contributed by atoms with Crippen molar-refractivity contribution in [3.63, 3.8) is 0 Å². The van der Waals surface area contributed by atoms with Crippen LogP contribution in [0.25, 0.3) is 11.1 Å². The van der Waals surface area contributed by atoms with Gasteiger partial charge >= 0.3 is 0 Å². The van der Waals surface area contributed by atoms with Crippen LogP contribution in [-0.2, 0) is 6.42 Å². The molecule has 1 aliphatic carbocycles. The minimum Gasteiger partial charge on any atom is -0.0955 e. The fourth-order valence-electron chi connectivity index (χ4n) is 11.2. The first kappa shape index (κ1) is 54.4.